The molecule has 3 nitrogen and oxygen atoms in total. The van der Waals surface area contributed by atoms with Crippen molar-refractivity contribution < 1.29 is 31.8 Å². The fourth-order valence-corrected chi connectivity index (χ4v) is 1.12. The van der Waals surface area contributed by atoms with Gasteiger partial charge in [-0.25, -0.2) is 4.79 Å². The van der Waals surface area contributed by atoms with E-state index >= 15 is 0 Å². The van der Waals surface area contributed by atoms with Crippen molar-refractivity contribution in [1.82, 2.24) is 0 Å². The molecule has 106 valence electrons. The van der Waals surface area contributed by atoms with Gasteiger partial charge in [-0.1, -0.05) is 0 Å². The highest BCUT2D eigenvalue weighted by Gasteiger charge is 2.58. The number of carbonyl (C=O) groups excluding carboxylic acids is 1. The van der Waals surface area contributed by atoms with Crippen LogP contribution in [0.2, 0.25) is 0 Å². The number of benzene rings is 1. The molecule has 0 radical (unpaired) electrons. The summed E-state index contributed by atoms with van der Waals surface area (Å²) < 4.78 is 58.7. The molecule has 0 N–H and O–H groups in total. The second-order valence-electron chi connectivity index (χ2n) is 3.36. The minimum atomic E-state index is -4.86. The maximum absolute atomic E-state index is 12.8. The van der Waals surface area contributed by atoms with Crippen molar-refractivity contribution in [2.75, 3.05) is 6.61 Å². The second kappa shape index (κ2) is 5.64. The molecule has 0 saturated heterocycles. The third-order valence-electron chi connectivity index (χ3n) is 1.94. The number of rotatable bonds is 5. The Morgan fingerprint density at radius 1 is 1.21 bits per heavy atom. The summed E-state index contributed by atoms with van der Waals surface area (Å²) in [5, 5.41) is -4.84. The van der Waals surface area contributed by atoms with Crippen molar-refractivity contribution >= 4 is 17.6 Å². The summed E-state index contributed by atoms with van der Waals surface area (Å²) >= 11 is 4.22. The normalized spacial score (nSPS) is 12.1. The van der Waals surface area contributed by atoms with E-state index in [4.69, 9.17) is 0 Å². The third-order valence-corrected chi connectivity index (χ3v) is 2.16. The van der Waals surface area contributed by atoms with E-state index in [2.05, 4.69) is 21.1 Å². The lowest BCUT2D eigenvalue weighted by atomic mass is 10.2. The van der Waals surface area contributed by atoms with Gasteiger partial charge in [-0.05, 0) is 42.8 Å². The van der Waals surface area contributed by atoms with Crippen LogP contribution in [-0.4, -0.2) is 24.1 Å². The first-order chi connectivity index (χ1) is 8.67. The monoisotopic (exact) mass is 300 g/mol. The Morgan fingerprint density at radius 3 is 2.16 bits per heavy atom. The zero-order valence-electron chi connectivity index (χ0n) is 9.63. The van der Waals surface area contributed by atoms with Gasteiger partial charge in [-0.3, -0.25) is 0 Å². The van der Waals surface area contributed by atoms with E-state index in [0.29, 0.717) is 0 Å². The lowest BCUT2D eigenvalue weighted by Crippen LogP contribution is -2.41. The molecule has 0 fully saturated rings. The summed E-state index contributed by atoms with van der Waals surface area (Å²) in [6.45, 7) is 1.74. The molecule has 0 bridgehead atoms. The molecule has 0 saturated carbocycles. The van der Waals surface area contributed by atoms with Gasteiger partial charge in [0, 0.05) is 0 Å². The summed E-state index contributed by atoms with van der Waals surface area (Å²) in [6.07, 6.45) is -4.86. The van der Waals surface area contributed by atoms with Crippen molar-refractivity contribution in [2.24, 2.45) is 0 Å². The van der Waals surface area contributed by atoms with Crippen LogP contribution in [0, 0.1) is 0 Å². The van der Waals surface area contributed by atoms with Gasteiger partial charge in [0.05, 0.1) is 12.2 Å². The fraction of sp³-hybridized carbons (Fsp3) is 0.364. The molecule has 0 unspecified atom stereocenters. The van der Waals surface area contributed by atoms with Crippen LogP contribution in [0.4, 0.5) is 17.6 Å². The zero-order chi connectivity index (χ0) is 14.7. The van der Waals surface area contributed by atoms with Crippen molar-refractivity contribution in [2.45, 2.75) is 18.4 Å². The number of hydrogen-bond acceptors (Lipinski definition) is 3. The minimum Gasteiger partial charge on any atom is -0.462 e. The SMILES string of the molecule is CCOC(=O)c1ccc(OC(F)(F)C(F)(F)Cl)cc1. The molecule has 0 spiro atoms. The van der Waals surface area contributed by atoms with Gasteiger partial charge in [-0.2, -0.15) is 17.6 Å². The maximum Gasteiger partial charge on any atom is 0.480 e. The van der Waals surface area contributed by atoms with Gasteiger partial charge in [-0.15, -0.1) is 0 Å². The minimum absolute atomic E-state index is 0.0788. The molecule has 8 heteroatoms. The topological polar surface area (TPSA) is 35.5 Å². The molecule has 1 aromatic carbocycles. The summed E-state index contributed by atoms with van der Waals surface area (Å²) in [6, 6.07) is 4.08. The van der Waals surface area contributed by atoms with Crippen molar-refractivity contribution in [3.63, 3.8) is 0 Å². The molecule has 0 aliphatic heterocycles. The van der Waals surface area contributed by atoms with E-state index in [9.17, 15) is 22.4 Å². The van der Waals surface area contributed by atoms with Crippen LogP contribution in [-0.2, 0) is 4.74 Å². The average Bonchev–Trinajstić information content (AvgIpc) is 2.28. The molecule has 1 rings (SSSR count). The van der Waals surface area contributed by atoms with Crippen molar-refractivity contribution in [1.29, 1.82) is 0 Å². The highest BCUT2D eigenvalue weighted by Crippen LogP contribution is 2.39. The van der Waals surface area contributed by atoms with Crippen molar-refractivity contribution in [3.8, 4) is 5.75 Å². The van der Waals surface area contributed by atoms with Gasteiger partial charge in [0.25, 0.3) is 0 Å². The summed E-state index contributed by atoms with van der Waals surface area (Å²) in [4.78, 5) is 11.2. The Kier molecular flexibility index (Phi) is 4.62. The number of hydrogen-bond donors (Lipinski definition) is 0. The highest BCUT2D eigenvalue weighted by atomic mass is 35.5. The Bertz CT molecular complexity index is 442. The van der Waals surface area contributed by atoms with Crippen LogP contribution < -0.4 is 4.74 Å². The molecule has 0 aliphatic rings. The molecule has 0 aromatic heterocycles. The number of alkyl halides is 5. The number of ether oxygens (including phenoxy) is 2. The van der Waals surface area contributed by atoms with E-state index in [1.54, 1.807) is 6.92 Å². The first kappa shape index (κ1) is 15.6. The molecule has 0 aliphatic carbocycles. The van der Waals surface area contributed by atoms with Crippen LogP contribution in [0.1, 0.15) is 17.3 Å². The Balaban J connectivity index is 2.81. The third kappa shape index (κ3) is 3.99. The van der Waals surface area contributed by atoms with Gasteiger partial charge in [0.15, 0.2) is 0 Å². The first-order valence-corrected chi connectivity index (χ1v) is 5.46. The zero-order valence-corrected chi connectivity index (χ0v) is 10.4. The van der Waals surface area contributed by atoms with Gasteiger partial charge in [0.2, 0.25) is 0 Å². The largest absolute Gasteiger partial charge is 0.480 e. The van der Waals surface area contributed by atoms with Gasteiger partial charge in [0.1, 0.15) is 5.75 Å². The second-order valence-corrected chi connectivity index (χ2v) is 3.84. The standard InChI is InChI=1S/C11H9ClF4O3/c1-2-18-9(17)7-3-5-8(6-4-7)19-11(15,16)10(12,13)14/h3-6H,2H2,1H3. The molecular formula is C11H9ClF4O3. The number of halogens is 5. The summed E-state index contributed by atoms with van der Waals surface area (Å²) in [5.41, 5.74) is 0.0788. The van der Waals surface area contributed by atoms with Crippen molar-refractivity contribution in [3.05, 3.63) is 29.8 Å². The fourth-order valence-electron chi connectivity index (χ4n) is 1.08. The Labute approximate surface area is 111 Å². The predicted octanol–water partition coefficient (Wildman–Crippen LogP) is 3.67. The van der Waals surface area contributed by atoms with E-state index in [-0.39, 0.29) is 12.2 Å². The Hall–Kier alpha value is -1.50. The molecule has 0 amide bonds. The first-order valence-electron chi connectivity index (χ1n) is 5.08. The molecule has 19 heavy (non-hydrogen) atoms. The maximum atomic E-state index is 12.8. The average molecular weight is 301 g/mol. The summed E-state index contributed by atoms with van der Waals surface area (Å²) in [7, 11) is 0. The molecular weight excluding hydrogens is 292 g/mol. The molecule has 0 atom stereocenters. The Morgan fingerprint density at radius 2 is 1.74 bits per heavy atom. The molecule has 0 heterocycles. The number of carbonyl (C=O) groups is 1. The predicted molar refractivity (Wildman–Crippen MR) is 58.8 cm³/mol. The van der Waals surface area contributed by atoms with Crippen LogP contribution in [0.25, 0.3) is 0 Å². The van der Waals surface area contributed by atoms with E-state index < -0.39 is 23.2 Å². The van der Waals surface area contributed by atoms with Crippen LogP contribution in [0.3, 0.4) is 0 Å². The quantitative estimate of drug-likeness (QED) is 0.473. The van der Waals surface area contributed by atoms with Crippen LogP contribution in [0.15, 0.2) is 24.3 Å². The highest BCUT2D eigenvalue weighted by molar-refractivity contribution is 6.22. The van der Waals surface area contributed by atoms with E-state index in [1.165, 1.54) is 0 Å². The molecule has 1 aromatic rings. The van der Waals surface area contributed by atoms with E-state index in [0.717, 1.165) is 24.3 Å². The van der Waals surface area contributed by atoms with Gasteiger partial charge < -0.3 is 9.47 Å². The number of esters is 1. The smallest absolute Gasteiger partial charge is 0.462 e. The lowest BCUT2D eigenvalue weighted by Gasteiger charge is -2.21. The lowest BCUT2D eigenvalue weighted by molar-refractivity contribution is -0.273. The van der Waals surface area contributed by atoms with Gasteiger partial charge >= 0.3 is 17.5 Å². The van der Waals surface area contributed by atoms with E-state index in [1.807, 2.05) is 0 Å². The van der Waals surface area contributed by atoms with Crippen LogP contribution in [0.5, 0.6) is 5.75 Å². The van der Waals surface area contributed by atoms with Crippen LogP contribution >= 0.6 is 11.6 Å². The summed E-state index contributed by atoms with van der Waals surface area (Å²) in [5.74, 6) is -1.22.